The third kappa shape index (κ3) is 2.60. The summed E-state index contributed by atoms with van der Waals surface area (Å²) in [7, 11) is -0.376. The number of rotatable bonds is 1. The Bertz CT molecular complexity index is 439. The van der Waals surface area contributed by atoms with E-state index in [2.05, 4.69) is 48.5 Å². The van der Waals surface area contributed by atoms with E-state index in [1.54, 1.807) is 0 Å². The summed E-state index contributed by atoms with van der Waals surface area (Å²) in [6.07, 6.45) is 2.45. The average Bonchev–Trinajstić information content (AvgIpc) is 2.46. The molecule has 2 rings (SSSR count). The second kappa shape index (κ2) is 4.70. The monoisotopic (exact) mass is 278 g/mol. The molecule has 0 unspecified atom stereocenters. The maximum absolute atomic E-state index is 12.4. The zero-order valence-corrected chi connectivity index (χ0v) is 13.9. The molecule has 0 amide bonds. The van der Waals surface area contributed by atoms with Gasteiger partial charge in [-0.25, -0.2) is 0 Å². The first-order valence-corrected chi connectivity index (χ1v) is 7.58. The van der Waals surface area contributed by atoms with Crippen LogP contribution in [0.2, 0.25) is 0 Å². The highest BCUT2D eigenvalue weighted by atomic mass is 16.7. The van der Waals surface area contributed by atoms with Gasteiger partial charge in [0.2, 0.25) is 0 Å². The first kappa shape index (κ1) is 15.8. The predicted octanol–water partition coefficient (Wildman–Crippen LogP) is 3.71. The second-order valence-electron chi connectivity index (χ2n) is 8.02. The zero-order valence-electron chi connectivity index (χ0n) is 13.9. The van der Waals surface area contributed by atoms with E-state index in [4.69, 9.17) is 9.31 Å². The maximum Gasteiger partial charge on any atom is 0.490 e. The topological polar surface area (TPSA) is 35.5 Å². The Kier molecular flexibility index (Phi) is 3.71. The largest absolute Gasteiger partial charge is 0.490 e. The minimum atomic E-state index is -0.376. The molecule has 0 spiro atoms. The fraction of sp³-hybridized carbons (Fsp3) is 0.812. The van der Waals surface area contributed by atoms with Gasteiger partial charge >= 0.3 is 7.12 Å². The average molecular weight is 278 g/mol. The Balaban J connectivity index is 2.42. The number of allylic oxidation sites excluding steroid dienone is 2. The summed E-state index contributed by atoms with van der Waals surface area (Å²) < 4.78 is 12.3. The van der Waals surface area contributed by atoms with Crippen LogP contribution in [0.25, 0.3) is 0 Å². The zero-order chi connectivity index (χ0) is 15.3. The number of hydrogen-bond acceptors (Lipinski definition) is 3. The first-order valence-electron chi connectivity index (χ1n) is 7.58. The van der Waals surface area contributed by atoms with Gasteiger partial charge in [-0.05, 0) is 57.0 Å². The molecular weight excluding hydrogens is 251 g/mol. The van der Waals surface area contributed by atoms with Gasteiger partial charge in [-0.3, -0.25) is 4.79 Å². The minimum absolute atomic E-state index is 0.156. The van der Waals surface area contributed by atoms with Crippen molar-refractivity contribution in [2.45, 2.75) is 78.9 Å². The molecule has 1 heterocycles. The lowest BCUT2D eigenvalue weighted by Crippen LogP contribution is -2.41. The molecule has 3 nitrogen and oxygen atoms in total. The van der Waals surface area contributed by atoms with Gasteiger partial charge in [0.15, 0.2) is 5.78 Å². The highest BCUT2D eigenvalue weighted by Gasteiger charge is 2.53. The van der Waals surface area contributed by atoms with Crippen LogP contribution in [0.1, 0.15) is 67.7 Å². The van der Waals surface area contributed by atoms with E-state index in [0.717, 1.165) is 23.9 Å². The van der Waals surface area contributed by atoms with Gasteiger partial charge in [0.25, 0.3) is 0 Å². The molecule has 1 fully saturated rings. The predicted molar refractivity (Wildman–Crippen MR) is 81.4 cm³/mol. The van der Waals surface area contributed by atoms with Crippen LogP contribution < -0.4 is 0 Å². The fourth-order valence-corrected chi connectivity index (χ4v) is 2.99. The Morgan fingerprint density at radius 2 is 1.50 bits per heavy atom. The molecule has 0 aromatic carbocycles. The van der Waals surface area contributed by atoms with Crippen molar-refractivity contribution < 1.29 is 14.1 Å². The molecule has 112 valence electrons. The maximum atomic E-state index is 12.4. The number of ketones is 1. The summed E-state index contributed by atoms with van der Waals surface area (Å²) in [5.74, 6) is 0.258. The van der Waals surface area contributed by atoms with Gasteiger partial charge in [-0.15, -0.1) is 0 Å². The Hall–Kier alpha value is -0.605. The summed E-state index contributed by atoms with van der Waals surface area (Å²) in [6, 6.07) is 0. The summed E-state index contributed by atoms with van der Waals surface area (Å²) in [6.45, 7) is 14.5. The van der Waals surface area contributed by atoms with E-state index >= 15 is 0 Å². The molecule has 0 atom stereocenters. The molecule has 1 aliphatic carbocycles. The van der Waals surface area contributed by atoms with E-state index in [9.17, 15) is 4.79 Å². The van der Waals surface area contributed by atoms with Crippen LogP contribution in [0.4, 0.5) is 0 Å². The van der Waals surface area contributed by atoms with Crippen molar-refractivity contribution >= 4 is 12.9 Å². The van der Waals surface area contributed by atoms with Gasteiger partial charge in [-0.2, -0.15) is 0 Å². The van der Waals surface area contributed by atoms with Crippen molar-refractivity contribution in [1.29, 1.82) is 0 Å². The van der Waals surface area contributed by atoms with Crippen LogP contribution in [0, 0.1) is 5.41 Å². The van der Waals surface area contributed by atoms with Crippen LogP contribution >= 0.6 is 0 Å². The molecule has 4 heteroatoms. The summed E-state index contributed by atoms with van der Waals surface area (Å²) in [5, 5.41) is 0. The number of Topliss-reactive ketones (excluding diaryl/α,β-unsaturated/α-hetero) is 1. The molecule has 0 saturated carbocycles. The SMILES string of the molecule is CC(C)(C)C1=C(B2OC(C)(C)C(C)(C)O2)CCCC1=O. The Morgan fingerprint density at radius 3 is 1.95 bits per heavy atom. The fourth-order valence-electron chi connectivity index (χ4n) is 2.99. The Labute approximate surface area is 123 Å². The normalized spacial score (nSPS) is 26.4. The molecule has 0 N–H and O–H groups in total. The lowest BCUT2D eigenvalue weighted by Gasteiger charge is -2.32. The third-order valence-electron chi connectivity index (χ3n) is 4.74. The van der Waals surface area contributed by atoms with Gasteiger partial charge in [-0.1, -0.05) is 20.8 Å². The van der Waals surface area contributed by atoms with Gasteiger partial charge in [0.05, 0.1) is 11.2 Å². The Morgan fingerprint density at radius 1 is 1.00 bits per heavy atom. The number of hydrogen-bond donors (Lipinski definition) is 0. The summed E-state index contributed by atoms with van der Waals surface area (Å²) in [4.78, 5) is 12.4. The molecule has 20 heavy (non-hydrogen) atoms. The summed E-state index contributed by atoms with van der Waals surface area (Å²) >= 11 is 0. The van der Waals surface area contributed by atoms with Crippen molar-refractivity contribution in [3.63, 3.8) is 0 Å². The molecule has 1 aliphatic heterocycles. The van der Waals surface area contributed by atoms with Crippen molar-refractivity contribution in [2.75, 3.05) is 0 Å². The molecule has 0 radical (unpaired) electrons. The molecule has 1 saturated heterocycles. The van der Waals surface area contributed by atoms with Crippen molar-refractivity contribution in [2.24, 2.45) is 5.41 Å². The van der Waals surface area contributed by atoms with Crippen molar-refractivity contribution in [3.05, 3.63) is 11.0 Å². The van der Waals surface area contributed by atoms with Crippen LogP contribution in [0.5, 0.6) is 0 Å². The van der Waals surface area contributed by atoms with E-state index in [-0.39, 0.29) is 29.5 Å². The van der Waals surface area contributed by atoms with Crippen molar-refractivity contribution in [3.8, 4) is 0 Å². The second-order valence-corrected chi connectivity index (χ2v) is 8.02. The number of carbonyl (C=O) groups is 1. The molecule has 2 aliphatic rings. The standard InChI is InChI=1S/C16H27BO3/c1-14(2,3)13-11(9-8-10-12(13)18)17-19-15(4,5)16(6,7)20-17/h8-10H2,1-7H3. The van der Waals surface area contributed by atoms with Gasteiger partial charge in [0, 0.05) is 6.42 Å². The highest BCUT2D eigenvalue weighted by molar-refractivity contribution is 6.55. The summed E-state index contributed by atoms with van der Waals surface area (Å²) in [5.41, 5.74) is 1.12. The molecule has 0 bridgehead atoms. The van der Waals surface area contributed by atoms with Gasteiger partial charge in [0.1, 0.15) is 0 Å². The van der Waals surface area contributed by atoms with Crippen LogP contribution in [-0.4, -0.2) is 24.1 Å². The lowest BCUT2D eigenvalue weighted by molar-refractivity contribution is -0.117. The highest BCUT2D eigenvalue weighted by Crippen LogP contribution is 2.43. The third-order valence-corrected chi connectivity index (χ3v) is 4.74. The van der Waals surface area contributed by atoms with Crippen LogP contribution in [0.3, 0.4) is 0 Å². The van der Waals surface area contributed by atoms with Gasteiger partial charge < -0.3 is 9.31 Å². The molecular formula is C16H27BO3. The lowest BCUT2D eigenvalue weighted by atomic mass is 9.63. The van der Waals surface area contributed by atoms with E-state index < -0.39 is 0 Å². The first-order chi connectivity index (χ1) is 8.96. The van der Waals surface area contributed by atoms with Crippen LogP contribution in [0.15, 0.2) is 11.0 Å². The van der Waals surface area contributed by atoms with E-state index in [0.29, 0.717) is 6.42 Å². The molecule has 0 aromatic rings. The van der Waals surface area contributed by atoms with Crippen LogP contribution in [-0.2, 0) is 14.1 Å². The quantitative estimate of drug-likeness (QED) is 0.686. The smallest absolute Gasteiger partial charge is 0.400 e. The molecule has 0 aromatic heterocycles. The number of carbonyl (C=O) groups excluding carboxylic acids is 1. The van der Waals surface area contributed by atoms with E-state index in [1.165, 1.54) is 0 Å². The van der Waals surface area contributed by atoms with E-state index in [1.807, 2.05) is 0 Å². The van der Waals surface area contributed by atoms with Crippen molar-refractivity contribution in [1.82, 2.24) is 0 Å². The minimum Gasteiger partial charge on any atom is -0.400 e.